The normalized spacial score (nSPS) is 10.1. The Balaban J connectivity index is 2.85. The van der Waals surface area contributed by atoms with Crippen molar-refractivity contribution in [1.82, 2.24) is 4.98 Å². The van der Waals surface area contributed by atoms with Crippen molar-refractivity contribution in [2.75, 3.05) is 6.61 Å². The van der Waals surface area contributed by atoms with E-state index in [0.717, 1.165) is 11.3 Å². The molecule has 0 N–H and O–H groups in total. The smallest absolute Gasteiger partial charge is 0.140 e. The average molecular weight is 188 g/mol. The van der Waals surface area contributed by atoms with E-state index in [2.05, 4.69) is 4.98 Å². The SMILES string of the molecule is CCOC=Cc1ccc(C#N)nc1C. The van der Waals surface area contributed by atoms with Gasteiger partial charge in [0.15, 0.2) is 0 Å². The Kier molecular flexibility index (Phi) is 3.69. The van der Waals surface area contributed by atoms with E-state index in [9.17, 15) is 0 Å². The van der Waals surface area contributed by atoms with Gasteiger partial charge in [0, 0.05) is 5.69 Å². The van der Waals surface area contributed by atoms with Crippen LogP contribution >= 0.6 is 0 Å². The standard InChI is InChI=1S/C11H12N2O/c1-3-14-7-6-10-4-5-11(8-12)13-9(10)2/h4-7H,3H2,1-2H3. The Hall–Kier alpha value is -1.82. The van der Waals surface area contributed by atoms with Gasteiger partial charge in [-0.1, -0.05) is 6.07 Å². The van der Waals surface area contributed by atoms with Crippen LogP contribution in [0.15, 0.2) is 18.4 Å². The number of rotatable bonds is 3. The minimum absolute atomic E-state index is 0.441. The van der Waals surface area contributed by atoms with Crippen molar-refractivity contribution >= 4 is 6.08 Å². The summed E-state index contributed by atoms with van der Waals surface area (Å²) in [5, 5.41) is 8.61. The van der Waals surface area contributed by atoms with Crippen LogP contribution < -0.4 is 0 Å². The van der Waals surface area contributed by atoms with Gasteiger partial charge in [0.1, 0.15) is 11.8 Å². The molecule has 0 atom stereocenters. The molecule has 0 aliphatic heterocycles. The fourth-order valence-electron chi connectivity index (χ4n) is 1.03. The van der Waals surface area contributed by atoms with Crippen molar-refractivity contribution in [2.24, 2.45) is 0 Å². The zero-order valence-corrected chi connectivity index (χ0v) is 8.32. The number of hydrogen-bond donors (Lipinski definition) is 0. The third-order valence-corrected chi connectivity index (χ3v) is 1.75. The van der Waals surface area contributed by atoms with E-state index < -0.39 is 0 Å². The molecule has 0 unspecified atom stereocenters. The lowest BCUT2D eigenvalue weighted by Crippen LogP contribution is -1.90. The Morgan fingerprint density at radius 2 is 2.36 bits per heavy atom. The molecular formula is C11H12N2O. The van der Waals surface area contributed by atoms with Gasteiger partial charge in [0.05, 0.1) is 12.9 Å². The molecule has 0 bridgehead atoms. The highest BCUT2D eigenvalue weighted by molar-refractivity contribution is 5.51. The molecule has 0 saturated carbocycles. The minimum atomic E-state index is 0.441. The molecule has 1 rings (SSSR count). The topological polar surface area (TPSA) is 45.9 Å². The van der Waals surface area contributed by atoms with Gasteiger partial charge < -0.3 is 4.74 Å². The molecule has 0 radical (unpaired) electrons. The number of ether oxygens (including phenoxy) is 1. The average Bonchev–Trinajstić information content (AvgIpc) is 2.20. The van der Waals surface area contributed by atoms with Crippen molar-refractivity contribution < 1.29 is 4.74 Å². The maximum atomic E-state index is 8.61. The number of nitriles is 1. The Morgan fingerprint density at radius 3 is 2.93 bits per heavy atom. The summed E-state index contributed by atoms with van der Waals surface area (Å²) >= 11 is 0. The first kappa shape index (κ1) is 10.3. The number of hydrogen-bond acceptors (Lipinski definition) is 3. The highest BCUT2D eigenvalue weighted by Crippen LogP contribution is 2.08. The first-order valence-electron chi connectivity index (χ1n) is 4.43. The van der Waals surface area contributed by atoms with Gasteiger partial charge in [0.2, 0.25) is 0 Å². The van der Waals surface area contributed by atoms with Crippen LogP contribution in [0, 0.1) is 18.3 Å². The van der Waals surface area contributed by atoms with E-state index in [-0.39, 0.29) is 0 Å². The Labute approximate surface area is 83.7 Å². The molecule has 0 aliphatic rings. The van der Waals surface area contributed by atoms with Crippen LogP contribution in [0.1, 0.15) is 23.9 Å². The predicted molar refractivity (Wildman–Crippen MR) is 54.3 cm³/mol. The predicted octanol–water partition coefficient (Wildman–Crippen LogP) is 2.27. The molecule has 0 saturated heterocycles. The minimum Gasteiger partial charge on any atom is -0.501 e. The molecule has 0 aliphatic carbocycles. The Bertz CT molecular complexity index is 377. The Morgan fingerprint density at radius 1 is 1.57 bits per heavy atom. The van der Waals surface area contributed by atoms with Crippen LogP contribution in [0.25, 0.3) is 6.08 Å². The lowest BCUT2D eigenvalue weighted by Gasteiger charge is -1.99. The second-order valence-corrected chi connectivity index (χ2v) is 2.74. The zero-order valence-electron chi connectivity index (χ0n) is 8.32. The molecule has 0 aromatic carbocycles. The van der Waals surface area contributed by atoms with E-state index in [1.165, 1.54) is 0 Å². The van der Waals surface area contributed by atoms with Gasteiger partial charge in [-0.2, -0.15) is 5.26 Å². The van der Waals surface area contributed by atoms with Crippen molar-refractivity contribution in [1.29, 1.82) is 5.26 Å². The molecule has 3 nitrogen and oxygen atoms in total. The first-order valence-corrected chi connectivity index (χ1v) is 4.43. The quantitative estimate of drug-likeness (QED) is 0.683. The summed E-state index contributed by atoms with van der Waals surface area (Å²) in [6.07, 6.45) is 3.48. The third-order valence-electron chi connectivity index (χ3n) is 1.75. The van der Waals surface area contributed by atoms with Crippen molar-refractivity contribution in [3.8, 4) is 6.07 Å². The number of pyridine rings is 1. The van der Waals surface area contributed by atoms with Gasteiger partial charge >= 0.3 is 0 Å². The maximum Gasteiger partial charge on any atom is 0.140 e. The maximum absolute atomic E-state index is 8.61. The van der Waals surface area contributed by atoms with Gasteiger partial charge in [-0.25, -0.2) is 4.98 Å². The van der Waals surface area contributed by atoms with Gasteiger partial charge in [-0.3, -0.25) is 0 Å². The van der Waals surface area contributed by atoms with Crippen molar-refractivity contribution in [2.45, 2.75) is 13.8 Å². The first-order chi connectivity index (χ1) is 6.77. The summed E-state index contributed by atoms with van der Waals surface area (Å²) in [7, 11) is 0. The van der Waals surface area contributed by atoms with Crippen LogP contribution in [0.2, 0.25) is 0 Å². The van der Waals surface area contributed by atoms with Crippen LogP contribution in [-0.4, -0.2) is 11.6 Å². The molecule has 0 amide bonds. The molecule has 1 aromatic rings. The monoisotopic (exact) mass is 188 g/mol. The molecule has 3 heteroatoms. The highest BCUT2D eigenvalue weighted by Gasteiger charge is 1.97. The van der Waals surface area contributed by atoms with Crippen LogP contribution in [0.3, 0.4) is 0 Å². The molecule has 1 aromatic heterocycles. The fraction of sp³-hybridized carbons (Fsp3) is 0.273. The number of aromatic nitrogens is 1. The zero-order chi connectivity index (χ0) is 10.4. The fourth-order valence-corrected chi connectivity index (χ4v) is 1.03. The van der Waals surface area contributed by atoms with E-state index in [1.807, 2.05) is 32.1 Å². The molecule has 0 spiro atoms. The summed E-state index contributed by atoms with van der Waals surface area (Å²) in [6, 6.07) is 5.55. The third kappa shape index (κ3) is 2.60. The molecular weight excluding hydrogens is 176 g/mol. The second kappa shape index (κ2) is 5.03. The summed E-state index contributed by atoms with van der Waals surface area (Å²) in [6.45, 7) is 4.44. The van der Waals surface area contributed by atoms with Crippen molar-refractivity contribution in [3.05, 3.63) is 35.3 Å². The highest BCUT2D eigenvalue weighted by atomic mass is 16.5. The van der Waals surface area contributed by atoms with E-state index in [1.54, 1.807) is 12.3 Å². The van der Waals surface area contributed by atoms with E-state index in [0.29, 0.717) is 12.3 Å². The lowest BCUT2D eigenvalue weighted by molar-refractivity contribution is 0.272. The van der Waals surface area contributed by atoms with Crippen molar-refractivity contribution in [3.63, 3.8) is 0 Å². The van der Waals surface area contributed by atoms with Gasteiger partial charge in [-0.05, 0) is 31.6 Å². The van der Waals surface area contributed by atoms with Crippen LogP contribution in [0.5, 0.6) is 0 Å². The molecule has 72 valence electrons. The van der Waals surface area contributed by atoms with Crippen LogP contribution in [-0.2, 0) is 4.74 Å². The van der Waals surface area contributed by atoms with Gasteiger partial charge in [-0.15, -0.1) is 0 Å². The molecule has 0 fully saturated rings. The second-order valence-electron chi connectivity index (χ2n) is 2.74. The summed E-state index contributed by atoms with van der Waals surface area (Å²) < 4.78 is 5.08. The molecule has 14 heavy (non-hydrogen) atoms. The lowest BCUT2D eigenvalue weighted by atomic mass is 10.2. The molecule has 1 heterocycles. The summed E-state index contributed by atoms with van der Waals surface area (Å²) in [5.74, 6) is 0. The van der Waals surface area contributed by atoms with Gasteiger partial charge in [0.25, 0.3) is 0 Å². The number of aryl methyl sites for hydroxylation is 1. The van der Waals surface area contributed by atoms with E-state index >= 15 is 0 Å². The summed E-state index contributed by atoms with van der Waals surface area (Å²) in [4.78, 5) is 4.10. The van der Waals surface area contributed by atoms with E-state index in [4.69, 9.17) is 10.00 Å². The summed E-state index contributed by atoms with van der Waals surface area (Å²) in [5.41, 5.74) is 2.24. The number of nitrogens with zero attached hydrogens (tertiary/aromatic N) is 2. The van der Waals surface area contributed by atoms with Crippen LogP contribution in [0.4, 0.5) is 0 Å². The largest absolute Gasteiger partial charge is 0.501 e.